The highest BCUT2D eigenvalue weighted by atomic mass is 19.1. The second kappa shape index (κ2) is 17.4. The number of H-pyrrole nitrogens is 2. The van der Waals surface area contributed by atoms with Crippen LogP contribution in [0.3, 0.4) is 0 Å². The highest BCUT2D eigenvalue weighted by molar-refractivity contribution is 5.86. The van der Waals surface area contributed by atoms with Gasteiger partial charge in [-0.05, 0) is 81.6 Å². The lowest BCUT2D eigenvalue weighted by molar-refractivity contribution is -0.135. The number of carbonyl (C=O) groups is 2. The van der Waals surface area contributed by atoms with Gasteiger partial charge in [0.15, 0.2) is 0 Å². The maximum Gasteiger partial charge on any atom is 0.241 e. The van der Waals surface area contributed by atoms with Crippen molar-refractivity contribution >= 4 is 22.7 Å². The molecule has 2 amide bonds. The van der Waals surface area contributed by atoms with Crippen LogP contribution in [0.2, 0.25) is 0 Å². The number of likely N-dealkylation sites (N-methyl/N-ethyl adjacent to an activating group) is 2. The summed E-state index contributed by atoms with van der Waals surface area (Å²) in [4.78, 5) is 48.8. The second-order valence-electron chi connectivity index (χ2n) is 14.8. The number of fused-ring (bicyclic) bond motifs is 1. The number of pyridine rings is 1. The molecule has 5 N–H and O–H groups in total. The zero-order valence-corrected chi connectivity index (χ0v) is 32.4. The van der Waals surface area contributed by atoms with E-state index in [0.29, 0.717) is 35.6 Å². The van der Waals surface area contributed by atoms with Crippen LogP contribution in [0.15, 0.2) is 91.3 Å². The monoisotopic (exact) mass is 755 g/mol. The number of unbranched alkanes of at least 4 members (excludes halogenated alkanes) is 1. The SMILES string of the molecule is CNC(C(=O)NCCCCc1ncc(-c2ccc3nc(-c4ccc(-c5cnc(C6CCCN6C(=O)C(NC)C(C)C)[nH]5)cc4F)ccc3c2)[nH]1)c1ccccc1. The quantitative estimate of drug-likeness (QED) is 0.0702. The topological polar surface area (TPSA) is 144 Å². The minimum atomic E-state index is -0.379. The van der Waals surface area contributed by atoms with Gasteiger partial charge < -0.3 is 30.8 Å². The number of amides is 2. The molecule has 3 aromatic carbocycles. The van der Waals surface area contributed by atoms with Crippen molar-refractivity contribution in [1.82, 2.24) is 45.8 Å². The number of rotatable bonds is 15. The van der Waals surface area contributed by atoms with E-state index in [1.54, 1.807) is 19.3 Å². The average molecular weight is 756 g/mol. The number of hydrogen-bond donors (Lipinski definition) is 5. The molecule has 11 nitrogen and oxygen atoms in total. The largest absolute Gasteiger partial charge is 0.354 e. The fraction of sp³-hybridized carbons (Fsp3) is 0.341. The number of aromatic nitrogens is 5. The maximum absolute atomic E-state index is 15.7. The van der Waals surface area contributed by atoms with Gasteiger partial charge in [-0.3, -0.25) is 9.59 Å². The normalized spacial score (nSPS) is 15.4. The van der Waals surface area contributed by atoms with Crippen molar-refractivity contribution in [3.8, 4) is 33.8 Å². The Morgan fingerprint density at radius 2 is 1.66 bits per heavy atom. The molecule has 290 valence electrons. The summed E-state index contributed by atoms with van der Waals surface area (Å²) in [6, 6.07) is 23.9. The van der Waals surface area contributed by atoms with Crippen molar-refractivity contribution in [1.29, 1.82) is 0 Å². The van der Waals surface area contributed by atoms with Gasteiger partial charge in [0, 0.05) is 41.6 Å². The first-order valence-corrected chi connectivity index (χ1v) is 19.5. The predicted molar refractivity (Wildman–Crippen MR) is 218 cm³/mol. The molecule has 0 spiro atoms. The summed E-state index contributed by atoms with van der Waals surface area (Å²) >= 11 is 0. The van der Waals surface area contributed by atoms with Crippen LogP contribution in [0, 0.1) is 11.7 Å². The zero-order chi connectivity index (χ0) is 39.2. The molecule has 12 heteroatoms. The Bertz CT molecular complexity index is 2290. The summed E-state index contributed by atoms with van der Waals surface area (Å²) in [5, 5.41) is 10.2. The van der Waals surface area contributed by atoms with Crippen LogP contribution in [-0.4, -0.2) is 74.9 Å². The summed E-state index contributed by atoms with van der Waals surface area (Å²) in [6.45, 7) is 5.36. The zero-order valence-electron chi connectivity index (χ0n) is 32.4. The van der Waals surface area contributed by atoms with E-state index in [-0.39, 0.29) is 41.7 Å². The molecule has 0 saturated carbocycles. The van der Waals surface area contributed by atoms with Gasteiger partial charge in [0.2, 0.25) is 11.8 Å². The second-order valence-corrected chi connectivity index (χ2v) is 14.8. The Kier molecular flexibility index (Phi) is 12.0. The van der Waals surface area contributed by atoms with Gasteiger partial charge in [-0.2, -0.15) is 0 Å². The van der Waals surface area contributed by atoms with Crippen molar-refractivity contribution in [2.45, 2.75) is 64.1 Å². The number of aryl methyl sites for hydroxylation is 1. The maximum atomic E-state index is 15.7. The molecule has 1 saturated heterocycles. The molecule has 56 heavy (non-hydrogen) atoms. The Balaban J connectivity index is 0.956. The fourth-order valence-corrected chi connectivity index (χ4v) is 7.68. The van der Waals surface area contributed by atoms with E-state index >= 15 is 4.39 Å². The van der Waals surface area contributed by atoms with Crippen LogP contribution in [0.1, 0.15) is 68.8 Å². The third-order valence-corrected chi connectivity index (χ3v) is 10.7. The molecule has 0 aliphatic carbocycles. The average Bonchev–Trinajstić information content (AvgIpc) is 4.00. The number of likely N-dealkylation sites (tertiary alicyclic amines) is 1. The molecular formula is C44H50FN9O2. The molecule has 3 atom stereocenters. The first-order chi connectivity index (χ1) is 27.2. The van der Waals surface area contributed by atoms with Crippen molar-refractivity contribution in [3.63, 3.8) is 0 Å². The lowest BCUT2D eigenvalue weighted by Gasteiger charge is -2.29. The summed E-state index contributed by atoms with van der Waals surface area (Å²) < 4.78 is 15.7. The standard InChI is InChI=1S/C44H50FN9O2/c1-27(2)40(46-3)44(56)54-22-10-13-38(54)42-50-26-37(53-42)31-15-18-32(33(45)24-31)35-20-17-29-23-30(16-19-34(29)51-35)36-25-49-39(52-36)14-8-9-21-48-43(55)41(47-4)28-11-6-5-7-12-28/h5-7,11-12,15-20,23-27,38,40-41,46-47H,8-10,13-14,21-22H2,1-4H3,(H,48,55)(H,49,52)(H,50,53). The van der Waals surface area contributed by atoms with Crippen LogP contribution in [0.4, 0.5) is 4.39 Å². The Hall–Kier alpha value is -5.72. The highest BCUT2D eigenvalue weighted by Crippen LogP contribution is 2.34. The van der Waals surface area contributed by atoms with E-state index in [1.165, 1.54) is 6.07 Å². The van der Waals surface area contributed by atoms with E-state index in [1.807, 2.05) is 92.7 Å². The van der Waals surface area contributed by atoms with Gasteiger partial charge in [-0.1, -0.05) is 62.4 Å². The molecular weight excluding hydrogens is 706 g/mol. The smallest absolute Gasteiger partial charge is 0.241 e. The van der Waals surface area contributed by atoms with Gasteiger partial charge >= 0.3 is 0 Å². The third kappa shape index (κ3) is 8.41. The van der Waals surface area contributed by atoms with Crippen LogP contribution in [-0.2, 0) is 16.0 Å². The number of carbonyl (C=O) groups excluding carboxylic acids is 2. The molecule has 1 fully saturated rings. The summed E-state index contributed by atoms with van der Waals surface area (Å²) in [7, 11) is 3.61. The number of hydrogen-bond acceptors (Lipinski definition) is 7. The minimum Gasteiger partial charge on any atom is -0.354 e. The molecule has 0 radical (unpaired) electrons. The van der Waals surface area contributed by atoms with Crippen molar-refractivity contribution < 1.29 is 14.0 Å². The van der Waals surface area contributed by atoms with E-state index in [4.69, 9.17) is 4.98 Å². The summed E-state index contributed by atoms with van der Waals surface area (Å²) in [6.07, 6.45) is 7.78. The first kappa shape index (κ1) is 38.6. The van der Waals surface area contributed by atoms with Gasteiger partial charge in [-0.25, -0.2) is 19.3 Å². The molecule has 4 heterocycles. The fourth-order valence-electron chi connectivity index (χ4n) is 7.68. The Labute approximate surface area is 327 Å². The number of benzene rings is 3. The van der Waals surface area contributed by atoms with E-state index in [0.717, 1.165) is 71.5 Å². The molecule has 7 rings (SSSR count). The van der Waals surface area contributed by atoms with Gasteiger partial charge in [-0.15, -0.1) is 0 Å². The van der Waals surface area contributed by atoms with E-state index < -0.39 is 0 Å². The molecule has 6 aromatic rings. The number of nitrogens with zero attached hydrogens (tertiary/aromatic N) is 4. The van der Waals surface area contributed by atoms with Gasteiger partial charge in [0.1, 0.15) is 23.5 Å². The van der Waals surface area contributed by atoms with E-state index in [9.17, 15) is 9.59 Å². The molecule has 1 aliphatic heterocycles. The van der Waals surface area contributed by atoms with Crippen molar-refractivity contribution in [3.05, 3.63) is 114 Å². The lowest BCUT2D eigenvalue weighted by atomic mass is 10.0. The van der Waals surface area contributed by atoms with Gasteiger partial charge in [0.05, 0.1) is 47.1 Å². The summed E-state index contributed by atoms with van der Waals surface area (Å²) in [5.74, 6) is 1.44. The Morgan fingerprint density at radius 1 is 0.893 bits per heavy atom. The molecule has 3 unspecified atom stereocenters. The lowest BCUT2D eigenvalue weighted by Crippen LogP contribution is -2.47. The highest BCUT2D eigenvalue weighted by Gasteiger charge is 2.36. The van der Waals surface area contributed by atoms with Crippen LogP contribution in [0.5, 0.6) is 0 Å². The molecule has 3 aromatic heterocycles. The van der Waals surface area contributed by atoms with E-state index in [2.05, 4.69) is 42.0 Å². The predicted octanol–water partition coefficient (Wildman–Crippen LogP) is 7.13. The Morgan fingerprint density at radius 3 is 2.43 bits per heavy atom. The first-order valence-electron chi connectivity index (χ1n) is 19.5. The van der Waals surface area contributed by atoms with Crippen molar-refractivity contribution in [2.75, 3.05) is 27.2 Å². The number of imidazole rings is 2. The van der Waals surface area contributed by atoms with Crippen LogP contribution < -0.4 is 16.0 Å². The number of halogens is 1. The van der Waals surface area contributed by atoms with Crippen LogP contribution >= 0.6 is 0 Å². The van der Waals surface area contributed by atoms with Crippen molar-refractivity contribution in [2.24, 2.45) is 5.92 Å². The minimum absolute atomic E-state index is 0.0354. The van der Waals surface area contributed by atoms with Gasteiger partial charge in [0.25, 0.3) is 0 Å². The van der Waals surface area contributed by atoms with Crippen LogP contribution in [0.25, 0.3) is 44.7 Å². The number of nitrogens with one attached hydrogen (secondary N) is 5. The third-order valence-electron chi connectivity index (χ3n) is 10.7. The summed E-state index contributed by atoms with van der Waals surface area (Å²) in [5.41, 5.74) is 5.93. The molecule has 0 bridgehead atoms. The molecule has 1 aliphatic rings. The number of aromatic amines is 2.